The van der Waals surface area contributed by atoms with E-state index in [0.29, 0.717) is 12.5 Å². The molecular formula is C16H23BrN2O. The number of nitrogens with zero attached hydrogens (tertiary/aromatic N) is 1. The molecule has 1 heterocycles. The Labute approximate surface area is 129 Å². The second-order valence-electron chi connectivity index (χ2n) is 5.39. The number of halogens is 1. The highest BCUT2D eigenvalue weighted by Gasteiger charge is 2.24. The van der Waals surface area contributed by atoms with Crippen LogP contribution in [0.2, 0.25) is 0 Å². The Morgan fingerprint density at radius 1 is 1.50 bits per heavy atom. The molecule has 1 saturated heterocycles. The summed E-state index contributed by atoms with van der Waals surface area (Å²) in [5.41, 5.74) is 1.08. The van der Waals surface area contributed by atoms with E-state index in [2.05, 4.69) is 33.1 Å². The van der Waals surface area contributed by atoms with Crippen molar-refractivity contribution >= 4 is 21.8 Å². The molecular weight excluding hydrogens is 316 g/mol. The van der Waals surface area contributed by atoms with Gasteiger partial charge in [-0.25, -0.2) is 0 Å². The van der Waals surface area contributed by atoms with Gasteiger partial charge in [0, 0.05) is 23.6 Å². The number of carbonyl (C=O) groups is 1. The zero-order chi connectivity index (χ0) is 14.4. The van der Waals surface area contributed by atoms with E-state index in [1.165, 1.54) is 0 Å². The molecule has 1 amide bonds. The maximum absolute atomic E-state index is 12.6. The summed E-state index contributed by atoms with van der Waals surface area (Å²) < 4.78 is 1.03. The summed E-state index contributed by atoms with van der Waals surface area (Å²) in [6.07, 6.45) is 3.79. The fraction of sp³-hybridized carbons (Fsp3) is 0.562. The first kappa shape index (κ1) is 15.5. The van der Waals surface area contributed by atoms with Crippen LogP contribution >= 0.6 is 15.9 Å². The lowest BCUT2D eigenvalue weighted by atomic mass is 10.0. The number of nitrogens with one attached hydrogen (secondary N) is 1. The average molecular weight is 339 g/mol. The Bertz CT molecular complexity index is 444. The molecule has 0 radical (unpaired) electrons. The third-order valence-corrected chi connectivity index (χ3v) is 4.23. The molecule has 1 atom stereocenters. The summed E-state index contributed by atoms with van der Waals surface area (Å²) in [6, 6.07) is 8.39. The minimum Gasteiger partial charge on any atom is -0.338 e. The van der Waals surface area contributed by atoms with E-state index >= 15 is 0 Å². The van der Waals surface area contributed by atoms with E-state index in [4.69, 9.17) is 0 Å². The molecule has 1 fully saturated rings. The Morgan fingerprint density at radius 3 is 3.00 bits per heavy atom. The van der Waals surface area contributed by atoms with Gasteiger partial charge >= 0.3 is 0 Å². The zero-order valence-electron chi connectivity index (χ0n) is 12.1. The van der Waals surface area contributed by atoms with Gasteiger partial charge in [0.1, 0.15) is 0 Å². The normalized spacial score (nSPS) is 18.8. The smallest absolute Gasteiger partial charge is 0.227 e. The van der Waals surface area contributed by atoms with Crippen molar-refractivity contribution in [1.82, 2.24) is 10.2 Å². The minimum absolute atomic E-state index is 0.249. The van der Waals surface area contributed by atoms with Crippen LogP contribution in [0, 0.1) is 0 Å². The van der Waals surface area contributed by atoms with Gasteiger partial charge < -0.3 is 10.2 Å². The highest BCUT2D eigenvalue weighted by Crippen LogP contribution is 2.16. The highest BCUT2D eigenvalue weighted by atomic mass is 79.9. The first-order valence-electron chi connectivity index (χ1n) is 7.45. The molecule has 1 aliphatic rings. The second kappa shape index (κ2) is 7.79. The van der Waals surface area contributed by atoms with Crippen molar-refractivity contribution in [1.29, 1.82) is 0 Å². The Morgan fingerprint density at radius 2 is 2.35 bits per heavy atom. The van der Waals surface area contributed by atoms with E-state index in [1.54, 1.807) is 0 Å². The van der Waals surface area contributed by atoms with Gasteiger partial charge in [-0.15, -0.1) is 0 Å². The maximum atomic E-state index is 12.6. The summed E-state index contributed by atoms with van der Waals surface area (Å²) >= 11 is 3.46. The van der Waals surface area contributed by atoms with Crippen LogP contribution in [0.1, 0.15) is 31.7 Å². The Hall–Kier alpha value is -0.870. The first-order chi connectivity index (χ1) is 9.70. The Kier molecular flexibility index (Phi) is 6.05. The van der Waals surface area contributed by atoms with Crippen LogP contribution in [0.3, 0.4) is 0 Å². The molecule has 0 saturated carbocycles. The van der Waals surface area contributed by atoms with Crippen molar-refractivity contribution in [2.75, 3.05) is 19.6 Å². The van der Waals surface area contributed by atoms with E-state index < -0.39 is 0 Å². The number of carbonyl (C=O) groups excluding carboxylic acids is 1. The predicted molar refractivity (Wildman–Crippen MR) is 85.7 cm³/mol. The molecule has 0 bridgehead atoms. The molecule has 2 rings (SSSR count). The standard InChI is InChI=1S/C16H23BrN2O/c1-2-9-19(15-7-4-8-18-12-15)16(20)11-13-5-3-6-14(17)10-13/h3,5-6,10,15,18H,2,4,7-9,11-12H2,1H3. The van der Waals surface area contributed by atoms with Crippen LogP contribution in [-0.2, 0) is 11.2 Å². The highest BCUT2D eigenvalue weighted by molar-refractivity contribution is 9.10. The molecule has 110 valence electrons. The number of hydrogen-bond donors (Lipinski definition) is 1. The van der Waals surface area contributed by atoms with Crippen molar-refractivity contribution in [2.45, 2.75) is 38.6 Å². The van der Waals surface area contributed by atoms with Crippen LogP contribution in [0.25, 0.3) is 0 Å². The number of amides is 1. The van der Waals surface area contributed by atoms with Crippen molar-refractivity contribution in [3.8, 4) is 0 Å². The van der Waals surface area contributed by atoms with Gasteiger partial charge in [-0.1, -0.05) is 35.0 Å². The van der Waals surface area contributed by atoms with Crippen LogP contribution in [0.4, 0.5) is 0 Å². The van der Waals surface area contributed by atoms with Gasteiger partial charge in [0.05, 0.1) is 6.42 Å². The first-order valence-corrected chi connectivity index (χ1v) is 8.24. The molecule has 0 aromatic heterocycles. The molecule has 1 aromatic rings. The third kappa shape index (κ3) is 4.32. The SMILES string of the molecule is CCCN(C(=O)Cc1cccc(Br)c1)C1CCCNC1. The third-order valence-electron chi connectivity index (χ3n) is 3.74. The number of benzene rings is 1. The fourth-order valence-corrected chi connectivity index (χ4v) is 3.22. The van der Waals surface area contributed by atoms with Crippen LogP contribution in [-0.4, -0.2) is 36.5 Å². The van der Waals surface area contributed by atoms with E-state index in [1.807, 2.05) is 24.3 Å². The number of hydrogen-bond acceptors (Lipinski definition) is 2. The van der Waals surface area contributed by atoms with E-state index in [9.17, 15) is 4.79 Å². The summed E-state index contributed by atoms with van der Waals surface area (Å²) in [6.45, 7) is 5.01. The fourth-order valence-electron chi connectivity index (χ4n) is 2.77. The van der Waals surface area contributed by atoms with Crippen molar-refractivity contribution < 1.29 is 4.79 Å². The Balaban J connectivity index is 2.02. The lowest BCUT2D eigenvalue weighted by molar-refractivity contribution is -0.133. The largest absolute Gasteiger partial charge is 0.338 e. The molecule has 20 heavy (non-hydrogen) atoms. The second-order valence-corrected chi connectivity index (χ2v) is 6.31. The summed E-state index contributed by atoms with van der Waals surface area (Å²) in [4.78, 5) is 14.7. The van der Waals surface area contributed by atoms with Gasteiger partial charge in [0.25, 0.3) is 0 Å². The molecule has 3 nitrogen and oxygen atoms in total. The number of rotatable bonds is 5. The van der Waals surface area contributed by atoms with Crippen LogP contribution in [0.5, 0.6) is 0 Å². The van der Waals surface area contributed by atoms with E-state index in [-0.39, 0.29) is 5.91 Å². The van der Waals surface area contributed by atoms with Crippen LogP contribution < -0.4 is 5.32 Å². The van der Waals surface area contributed by atoms with Gasteiger partial charge in [-0.05, 0) is 43.5 Å². The van der Waals surface area contributed by atoms with Gasteiger partial charge in [0.15, 0.2) is 0 Å². The summed E-state index contributed by atoms with van der Waals surface area (Å²) in [5, 5.41) is 3.40. The molecule has 4 heteroatoms. The number of piperidine rings is 1. The van der Waals surface area contributed by atoms with Gasteiger partial charge in [0.2, 0.25) is 5.91 Å². The quantitative estimate of drug-likeness (QED) is 0.895. The van der Waals surface area contributed by atoms with Crippen molar-refractivity contribution in [2.24, 2.45) is 0 Å². The minimum atomic E-state index is 0.249. The maximum Gasteiger partial charge on any atom is 0.227 e. The van der Waals surface area contributed by atoms with Crippen LogP contribution in [0.15, 0.2) is 28.7 Å². The molecule has 1 N–H and O–H groups in total. The van der Waals surface area contributed by atoms with Gasteiger partial charge in [-0.2, -0.15) is 0 Å². The van der Waals surface area contributed by atoms with Crippen molar-refractivity contribution in [3.05, 3.63) is 34.3 Å². The van der Waals surface area contributed by atoms with Gasteiger partial charge in [-0.3, -0.25) is 4.79 Å². The topological polar surface area (TPSA) is 32.3 Å². The predicted octanol–water partition coefficient (Wildman–Crippen LogP) is 2.98. The molecule has 0 aliphatic carbocycles. The van der Waals surface area contributed by atoms with Crippen molar-refractivity contribution in [3.63, 3.8) is 0 Å². The monoisotopic (exact) mass is 338 g/mol. The molecule has 1 aliphatic heterocycles. The molecule has 1 unspecified atom stereocenters. The molecule has 1 aromatic carbocycles. The zero-order valence-corrected chi connectivity index (χ0v) is 13.7. The molecule has 0 spiro atoms. The lowest BCUT2D eigenvalue weighted by Crippen LogP contribution is -2.49. The summed E-state index contributed by atoms with van der Waals surface area (Å²) in [5.74, 6) is 0.249. The lowest BCUT2D eigenvalue weighted by Gasteiger charge is -2.34. The van der Waals surface area contributed by atoms with E-state index in [0.717, 1.165) is 48.9 Å². The average Bonchev–Trinajstić information content (AvgIpc) is 2.45. The summed E-state index contributed by atoms with van der Waals surface area (Å²) in [7, 11) is 0.